The van der Waals surface area contributed by atoms with Crippen LogP contribution in [0.3, 0.4) is 0 Å². The van der Waals surface area contributed by atoms with Crippen molar-refractivity contribution >= 4 is 0 Å². The molecule has 0 amide bonds. The van der Waals surface area contributed by atoms with Gasteiger partial charge in [-0.25, -0.2) is 4.39 Å². The van der Waals surface area contributed by atoms with Gasteiger partial charge in [0.15, 0.2) is 0 Å². The maximum Gasteiger partial charge on any atom is 0.123 e. The number of rotatable bonds is 6. The zero-order valence-electron chi connectivity index (χ0n) is 12.3. The maximum absolute atomic E-state index is 13.1. The van der Waals surface area contributed by atoms with Gasteiger partial charge in [0.05, 0.1) is 12.2 Å². The third-order valence-corrected chi connectivity index (χ3v) is 3.96. The summed E-state index contributed by atoms with van der Waals surface area (Å²) >= 11 is 0. The lowest BCUT2D eigenvalue weighted by atomic mass is 10.0. The van der Waals surface area contributed by atoms with Crippen LogP contribution in [0.4, 0.5) is 4.39 Å². The summed E-state index contributed by atoms with van der Waals surface area (Å²) in [6.07, 6.45) is 1.93. The molecule has 3 nitrogen and oxygen atoms in total. The fraction of sp³-hybridized carbons (Fsp3) is 0.625. The van der Waals surface area contributed by atoms with E-state index in [1.54, 1.807) is 6.07 Å². The molecule has 1 N–H and O–H groups in total. The Balaban J connectivity index is 1.95. The Kier molecular flexibility index (Phi) is 5.52. The van der Waals surface area contributed by atoms with E-state index in [1.807, 2.05) is 6.92 Å². The number of halogens is 1. The second kappa shape index (κ2) is 7.16. The number of hydrogen-bond acceptors (Lipinski definition) is 3. The van der Waals surface area contributed by atoms with Gasteiger partial charge in [-0.1, -0.05) is 13.0 Å². The minimum Gasteiger partial charge on any atom is -0.387 e. The average molecular weight is 281 g/mol. The number of nitrogens with zero attached hydrogens (tertiary/aromatic N) is 1. The Morgan fingerprint density at radius 2 is 2.30 bits per heavy atom. The van der Waals surface area contributed by atoms with Crippen molar-refractivity contribution in [2.24, 2.45) is 0 Å². The summed E-state index contributed by atoms with van der Waals surface area (Å²) in [4.78, 5) is 2.20. The van der Waals surface area contributed by atoms with Crippen molar-refractivity contribution in [1.29, 1.82) is 0 Å². The first kappa shape index (κ1) is 15.4. The van der Waals surface area contributed by atoms with Crippen LogP contribution < -0.4 is 0 Å². The van der Waals surface area contributed by atoms with Crippen LogP contribution in [-0.4, -0.2) is 42.4 Å². The standard InChI is InChI=1S/C16H24FNO2/c1-3-18(10-14-5-4-8-20-14)11-16(19)15-7-6-13(17)9-12(15)2/h6-7,9,14,16,19H,3-5,8,10-11H2,1-2H3. The van der Waals surface area contributed by atoms with Crippen LogP contribution in [0.5, 0.6) is 0 Å². The molecule has 0 aromatic heterocycles. The number of aryl methyl sites for hydroxylation is 1. The van der Waals surface area contributed by atoms with Crippen molar-refractivity contribution in [1.82, 2.24) is 4.90 Å². The molecule has 0 radical (unpaired) electrons. The predicted octanol–water partition coefficient (Wildman–Crippen LogP) is 2.67. The number of aliphatic hydroxyl groups is 1. The smallest absolute Gasteiger partial charge is 0.123 e. The van der Waals surface area contributed by atoms with E-state index in [4.69, 9.17) is 4.74 Å². The van der Waals surface area contributed by atoms with E-state index in [0.29, 0.717) is 6.54 Å². The molecular weight excluding hydrogens is 257 g/mol. The lowest BCUT2D eigenvalue weighted by Crippen LogP contribution is -2.35. The Morgan fingerprint density at radius 3 is 2.90 bits per heavy atom. The van der Waals surface area contributed by atoms with Crippen molar-refractivity contribution < 1.29 is 14.2 Å². The molecule has 2 rings (SSSR count). The molecule has 1 aliphatic heterocycles. The molecule has 1 aromatic rings. The highest BCUT2D eigenvalue weighted by Gasteiger charge is 2.21. The van der Waals surface area contributed by atoms with Crippen LogP contribution in [0.25, 0.3) is 0 Å². The molecule has 1 aromatic carbocycles. The second-order valence-corrected chi connectivity index (χ2v) is 5.50. The van der Waals surface area contributed by atoms with Crippen LogP contribution >= 0.6 is 0 Å². The number of aliphatic hydroxyl groups excluding tert-OH is 1. The first-order valence-corrected chi connectivity index (χ1v) is 7.38. The predicted molar refractivity (Wildman–Crippen MR) is 77.2 cm³/mol. The zero-order valence-corrected chi connectivity index (χ0v) is 12.3. The molecule has 2 unspecified atom stereocenters. The van der Waals surface area contributed by atoms with Gasteiger partial charge in [-0.15, -0.1) is 0 Å². The normalized spacial score (nSPS) is 20.6. The quantitative estimate of drug-likeness (QED) is 0.870. The molecule has 2 atom stereocenters. The molecule has 20 heavy (non-hydrogen) atoms. The maximum atomic E-state index is 13.1. The Bertz CT molecular complexity index is 432. The van der Waals surface area contributed by atoms with E-state index in [-0.39, 0.29) is 11.9 Å². The zero-order chi connectivity index (χ0) is 14.5. The van der Waals surface area contributed by atoms with Gasteiger partial charge in [-0.2, -0.15) is 0 Å². The second-order valence-electron chi connectivity index (χ2n) is 5.50. The number of ether oxygens (including phenoxy) is 1. The van der Waals surface area contributed by atoms with Crippen LogP contribution in [0.1, 0.15) is 37.0 Å². The molecule has 1 fully saturated rings. The van der Waals surface area contributed by atoms with Gasteiger partial charge in [-0.3, -0.25) is 4.90 Å². The first-order chi connectivity index (χ1) is 9.60. The van der Waals surface area contributed by atoms with Gasteiger partial charge in [0.25, 0.3) is 0 Å². The van der Waals surface area contributed by atoms with Crippen molar-refractivity contribution in [2.45, 2.75) is 38.9 Å². The van der Waals surface area contributed by atoms with Crippen LogP contribution in [0.15, 0.2) is 18.2 Å². The van der Waals surface area contributed by atoms with E-state index in [2.05, 4.69) is 11.8 Å². The summed E-state index contributed by atoms with van der Waals surface area (Å²) in [5.41, 5.74) is 1.60. The minimum atomic E-state index is -0.586. The molecule has 1 saturated heterocycles. The van der Waals surface area contributed by atoms with Crippen LogP contribution in [0, 0.1) is 12.7 Å². The molecule has 0 aliphatic carbocycles. The molecule has 0 saturated carbocycles. The fourth-order valence-electron chi connectivity index (χ4n) is 2.76. The summed E-state index contributed by atoms with van der Waals surface area (Å²) in [5, 5.41) is 10.4. The molecule has 4 heteroatoms. The van der Waals surface area contributed by atoms with Crippen molar-refractivity contribution in [2.75, 3.05) is 26.2 Å². The van der Waals surface area contributed by atoms with Crippen molar-refractivity contribution in [3.63, 3.8) is 0 Å². The highest BCUT2D eigenvalue weighted by atomic mass is 19.1. The van der Waals surface area contributed by atoms with Crippen LogP contribution in [-0.2, 0) is 4.74 Å². The summed E-state index contributed by atoms with van der Waals surface area (Å²) < 4.78 is 18.7. The van der Waals surface area contributed by atoms with E-state index in [0.717, 1.165) is 43.7 Å². The Morgan fingerprint density at radius 1 is 1.50 bits per heavy atom. The molecule has 0 spiro atoms. The molecule has 0 bridgehead atoms. The van der Waals surface area contributed by atoms with Gasteiger partial charge in [0.1, 0.15) is 5.82 Å². The summed E-state index contributed by atoms with van der Waals surface area (Å²) in [6.45, 7) is 7.05. The van der Waals surface area contributed by atoms with Crippen molar-refractivity contribution in [3.05, 3.63) is 35.1 Å². The molecular formula is C16H24FNO2. The number of likely N-dealkylation sites (N-methyl/N-ethyl adjacent to an activating group) is 1. The minimum absolute atomic E-state index is 0.259. The molecule has 1 aliphatic rings. The SMILES string of the molecule is CCN(CC1CCCO1)CC(O)c1ccc(F)cc1C. The highest BCUT2D eigenvalue weighted by molar-refractivity contribution is 5.28. The average Bonchev–Trinajstić information content (AvgIpc) is 2.90. The molecule has 1 heterocycles. The summed E-state index contributed by atoms with van der Waals surface area (Å²) in [7, 11) is 0. The van der Waals surface area contributed by atoms with E-state index in [1.165, 1.54) is 12.1 Å². The van der Waals surface area contributed by atoms with E-state index < -0.39 is 6.10 Å². The third kappa shape index (κ3) is 4.01. The topological polar surface area (TPSA) is 32.7 Å². The van der Waals surface area contributed by atoms with Crippen LogP contribution in [0.2, 0.25) is 0 Å². The Hall–Kier alpha value is -0.970. The van der Waals surface area contributed by atoms with Gasteiger partial charge in [-0.05, 0) is 49.6 Å². The monoisotopic (exact) mass is 281 g/mol. The summed E-state index contributed by atoms with van der Waals surface area (Å²) in [6, 6.07) is 4.55. The van der Waals surface area contributed by atoms with Gasteiger partial charge in [0, 0.05) is 19.7 Å². The largest absolute Gasteiger partial charge is 0.387 e. The lowest BCUT2D eigenvalue weighted by Gasteiger charge is -2.26. The van der Waals surface area contributed by atoms with E-state index >= 15 is 0 Å². The first-order valence-electron chi connectivity index (χ1n) is 7.38. The van der Waals surface area contributed by atoms with Crippen molar-refractivity contribution in [3.8, 4) is 0 Å². The fourth-order valence-corrected chi connectivity index (χ4v) is 2.76. The van der Waals surface area contributed by atoms with Gasteiger partial charge >= 0.3 is 0 Å². The third-order valence-electron chi connectivity index (χ3n) is 3.96. The van der Waals surface area contributed by atoms with Gasteiger partial charge in [0.2, 0.25) is 0 Å². The molecule has 112 valence electrons. The number of hydrogen-bond donors (Lipinski definition) is 1. The summed E-state index contributed by atoms with van der Waals surface area (Å²) in [5.74, 6) is -0.259. The Labute approximate surface area is 120 Å². The lowest BCUT2D eigenvalue weighted by molar-refractivity contribution is 0.0514. The number of benzene rings is 1. The van der Waals surface area contributed by atoms with E-state index in [9.17, 15) is 9.50 Å². The van der Waals surface area contributed by atoms with Gasteiger partial charge < -0.3 is 9.84 Å². The highest BCUT2D eigenvalue weighted by Crippen LogP contribution is 2.21.